The molecule has 0 saturated heterocycles. The Hall–Kier alpha value is -1.58. The van der Waals surface area contributed by atoms with Crippen LogP contribution in [-0.4, -0.2) is 14.7 Å². The van der Waals surface area contributed by atoms with Crippen LogP contribution in [0.1, 0.15) is 30.0 Å². The molecule has 78 valence electrons. The molecule has 0 bridgehead atoms. The van der Waals surface area contributed by atoms with E-state index < -0.39 is 0 Å². The fraction of sp³-hybridized carbons (Fsp3) is 0.455. The zero-order valence-corrected chi connectivity index (χ0v) is 8.52. The molecule has 0 spiro atoms. The number of aromatic nitrogens is 3. The van der Waals surface area contributed by atoms with Gasteiger partial charge in [0.2, 0.25) is 0 Å². The van der Waals surface area contributed by atoms with Crippen LogP contribution in [0.2, 0.25) is 0 Å². The zero-order valence-electron chi connectivity index (χ0n) is 8.52. The van der Waals surface area contributed by atoms with E-state index in [0.29, 0.717) is 0 Å². The Labute approximate surface area is 87.9 Å². The summed E-state index contributed by atoms with van der Waals surface area (Å²) in [4.78, 5) is 4.44. The Morgan fingerprint density at radius 1 is 1.33 bits per heavy atom. The second kappa shape index (κ2) is 3.53. The van der Waals surface area contributed by atoms with E-state index in [1.165, 1.54) is 24.2 Å². The first kappa shape index (κ1) is 8.71. The van der Waals surface area contributed by atoms with E-state index in [1.54, 1.807) is 6.20 Å². The minimum atomic E-state index is 0.752. The summed E-state index contributed by atoms with van der Waals surface area (Å²) in [5.74, 6) is 0.890. The highest BCUT2D eigenvalue weighted by atomic mass is 16.5. The first-order valence-corrected chi connectivity index (χ1v) is 5.36. The van der Waals surface area contributed by atoms with E-state index in [9.17, 15) is 0 Å². The fourth-order valence-electron chi connectivity index (χ4n) is 2.16. The van der Waals surface area contributed by atoms with Crippen LogP contribution in [-0.2, 0) is 19.4 Å². The van der Waals surface area contributed by atoms with Gasteiger partial charge < -0.3 is 9.09 Å². The number of aryl methyl sites for hydroxylation is 1. The highest BCUT2D eigenvalue weighted by molar-refractivity contribution is 5.17. The van der Waals surface area contributed by atoms with Crippen LogP contribution in [0.25, 0.3) is 0 Å². The summed E-state index contributed by atoms with van der Waals surface area (Å²) in [5, 5.41) is 3.71. The van der Waals surface area contributed by atoms with Gasteiger partial charge in [-0.15, -0.1) is 0 Å². The molecule has 0 aromatic carbocycles. The highest BCUT2D eigenvalue weighted by Gasteiger charge is 2.15. The maximum Gasteiger partial charge on any atom is 0.156 e. The monoisotopic (exact) mass is 203 g/mol. The number of hydrogen-bond donors (Lipinski definition) is 0. The van der Waals surface area contributed by atoms with Gasteiger partial charge in [-0.2, -0.15) is 0 Å². The predicted octanol–water partition coefficient (Wildman–Crippen LogP) is 1.80. The standard InChI is InChI=1S/C11H13N3O/c1-2-4-11-10(3-1)12-8-14(11)7-9-5-6-13-15-9/h5-6,8H,1-4,7H2. The molecule has 0 atom stereocenters. The summed E-state index contributed by atoms with van der Waals surface area (Å²) < 4.78 is 7.27. The first-order chi connectivity index (χ1) is 7.43. The number of hydrogen-bond acceptors (Lipinski definition) is 3. The van der Waals surface area contributed by atoms with Crippen molar-refractivity contribution in [2.24, 2.45) is 0 Å². The molecule has 1 aliphatic carbocycles. The van der Waals surface area contributed by atoms with E-state index >= 15 is 0 Å². The summed E-state index contributed by atoms with van der Waals surface area (Å²) in [5.41, 5.74) is 2.64. The molecule has 0 saturated carbocycles. The van der Waals surface area contributed by atoms with Gasteiger partial charge in [0.25, 0.3) is 0 Å². The van der Waals surface area contributed by atoms with Crippen molar-refractivity contribution in [2.45, 2.75) is 32.2 Å². The molecule has 2 heterocycles. The smallest absolute Gasteiger partial charge is 0.156 e. The number of imidazole rings is 1. The lowest BCUT2D eigenvalue weighted by Crippen LogP contribution is -2.08. The van der Waals surface area contributed by atoms with E-state index in [4.69, 9.17) is 4.52 Å². The maximum absolute atomic E-state index is 5.10. The highest BCUT2D eigenvalue weighted by Crippen LogP contribution is 2.20. The van der Waals surface area contributed by atoms with Crippen molar-refractivity contribution in [1.29, 1.82) is 0 Å². The van der Waals surface area contributed by atoms with Gasteiger partial charge in [0.05, 0.1) is 24.8 Å². The van der Waals surface area contributed by atoms with Crippen LogP contribution >= 0.6 is 0 Å². The minimum absolute atomic E-state index is 0.752. The summed E-state index contributed by atoms with van der Waals surface area (Å²) in [6.45, 7) is 0.752. The van der Waals surface area contributed by atoms with Crippen LogP contribution in [0.5, 0.6) is 0 Å². The summed E-state index contributed by atoms with van der Waals surface area (Å²) >= 11 is 0. The Balaban J connectivity index is 1.89. The molecule has 0 amide bonds. The van der Waals surface area contributed by atoms with E-state index in [2.05, 4.69) is 14.7 Å². The lowest BCUT2D eigenvalue weighted by Gasteiger charge is -2.12. The van der Waals surface area contributed by atoms with Crippen LogP contribution < -0.4 is 0 Å². The molecule has 0 unspecified atom stereocenters. The van der Waals surface area contributed by atoms with Crippen molar-refractivity contribution in [3.63, 3.8) is 0 Å². The fourth-order valence-corrected chi connectivity index (χ4v) is 2.16. The average Bonchev–Trinajstić information content (AvgIpc) is 2.89. The second-order valence-electron chi connectivity index (χ2n) is 3.95. The Kier molecular flexibility index (Phi) is 2.05. The third kappa shape index (κ3) is 1.56. The summed E-state index contributed by atoms with van der Waals surface area (Å²) in [6, 6.07) is 1.90. The topological polar surface area (TPSA) is 43.9 Å². The van der Waals surface area contributed by atoms with Crippen LogP contribution in [0.3, 0.4) is 0 Å². The molecule has 0 fully saturated rings. The minimum Gasteiger partial charge on any atom is -0.359 e. The van der Waals surface area contributed by atoms with Gasteiger partial charge in [-0.25, -0.2) is 4.98 Å². The quantitative estimate of drug-likeness (QED) is 0.747. The van der Waals surface area contributed by atoms with E-state index in [0.717, 1.165) is 25.1 Å². The molecule has 3 rings (SSSR count). The molecular weight excluding hydrogens is 190 g/mol. The van der Waals surface area contributed by atoms with Crippen molar-refractivity contribution < 1.29 is 4.52 Å². The molecule has 0 N–H and O–H groups in total. The lowest BCUT2D eigenvalue weighted by atomic mass is 10.0. The van der Waals surface area contributed by atoms with Crippen LogP contribution in [0.15, 0.2) is 23.1 Å². The number of nitrogens with zero attached hydrogens (tertiary/aromatic N) is 3. The Bertz CT molecular complexity index is 444. The maximum atomic E-state index is 5.10. The van der Waals surface area contributed by atoms with Gasteiger partial charge in [-0.05, 0) is 25.7 Å². The van der Waals surface area contributed by atoms with Crippen molar-refractivity contribution in [1.82, 2.24) is 14.7 Å². The summed E-state index contributed by atoms with van der Waals surface area (Å²) in [7, 11) is 0. The molecule has 1 aliphatic rings. The Morgan fingerprint density at radius 2 is 2.27 bits per heavy atom. The van der Waals surface area contributed by atoms with E-state index in [-0.39, 0.29) is 0 Å². The number of fused-ring (bicyclic) bond motifs is 1. The SMILES string of the molecule is c1cc(Cn2cnc3c2CCCC3)on1. The lowest BCUT2D eigenvalue weighted by molar-refractivity contribution is 0.374. The molecule has 2 aromatic heterocycles. The van der Waals surface area contributed by atoms with Crippen molar-refractivity contribution >= 4 is 0 Å². The number of rotatable bonds is 2. The molecule has 4 nitrogen and oxygen atoms in total. The van der Waals surface area contributed by atoms with Gasteiger partial charge in [-0.3, -0.25) is 0 Å². The van der Waals surface area contributed by atoms with E-state index in [1.807, 2.05) is 12.4 Å². The van der Waals surface area contributed by atoms with Gasteiger partial charge in [0, 0.05) is 11.8 Å². The molecule has 0 radical (unpaired) electrons. The molecular formula is C11H13N3O. The Morgan fingerprint density at radius 3 is 3.13 bits per heavy atom. The molecule has 15 heavy (non-hydrogen) atoms. The molecule has 0 aliphatic heterocycles. The normalized spacial score (nSPS) is 15.2. The largest absolute Gasteiger partial charge is 0.359 e. The van der Waals surface area contributed by atoms with Crippen LogP contribution in [0, 0.1) is 0 Å². The molecule has 4 heteroatoms. The summed E-state index contributed by atoms with van der Waals surface area (Å²) in [6.07, 6.45) is 8.40. The predicted molar refractivity (Wildman–Crippen MR) is 54.5 cm³/mol. The average molecular weight is 203 g/mol. The third-order valence-electron chi connectivity index (χ3n) is 2.93. The zero-order chi connectivity index (χ0) is 10.1. The van der Waals surface area contributed by atoms with Gasteiger partial charge in [-0.1, -0.05) is 5.16 Å². The van der Waals surface area contributed by atoms with Gasteiger partial charge >= 0.3 is 0 Å². The second-order valence-corrected chi connectivity index (χ2v) is 3.95. The van der Waals surface area contributed by atoms with Crippen molar-refractivity contribution in [3.05, 3.63) is 35.7 Å². The van der Waals surface area contributed by atoms with Gasteiger partial charge in [0.1, 0.15) is 0 Å². The molecule has 2 aromatic rings. The van der Waals surface area contributed by atoms with Crippen molar-refractivity contribution in [3.8, 4) is 0 Å². The van der Waals surface area contributed by atoms with Gasteiger partial charge in [0.15, 0.2) is 5.76 Å². The third-order valence-corrected chi connectivity index (χ3v) is 2.93. The van der Waals surface area contributed by atoms with Crippen molar-refractivity contribution in [2.75, 3.05) is 0 Å². The van der Waals surface area contributed by atoms with Crippen LogP contribution in [0.4, 0.5) is 0 Å². The first-order valence-electron chi connectivity index (χ1n) is 5.36.